The highest BCUT2D eigenvalue weighted by Gasteiger charge is 2.05. The Morgan fingerprint density at radius 1 is 1.47 bits per heavy atom. The summed E-state index contributed by atoms with van der Waals surface area (Å²) < 4.78 is 12.9. The zero-order valence-electron chi connectivity index (χ0n) is 7.59. The molecule has 0 saturated heterocycles. The normalized spacial score (nSPS) is 10.3. The molecular formula is C9H8ClFN4. The van der Waals surface area contributed by atoms with E-state index in [1.165, 1.54) is 12.1 Å². The lowest BCUT2D eigenvalue weighted by Crippen LogP contribution is -2.07. The maximum Gasteiger partial charge on any atom is 0.215 e. The van der Waals surface area contributed by atoms with Crippen molar-refractivity contribution in [1.82, 2.24) is 9.97 Å². The van der Waals surface area contributed by atoms with E-state index < -0.39 is 5.82 Å². The maximum atomic E-state index is 12.9. The van der Waals surface area contributed by atoms with Crippen LogP contribution in [-0.4, -0.2) is 9.97 Å². The van der Waals surface area contributed by atoms with E-state index in [1.54, 1.807) is 12.3 Å². The fraction of sp³-hybridized carbons (Fsp3) is 0. The van der Waals surface area contributed by atoms with Crippen LogP contribution in [-0.2, 0) is 0 Å². The van der Waals surface area contributed by atoms with Crippen molar-refractivity contribution in [2.45, 2.75) is 0 Å². The summed E-state index contributed by atoms with van der Waals surface area (Å²) >= 11 is 5.65. The van der Waals surface area contributed by atoms with Crippen LogP contribution in [0.3, 0.4) is 0 Å². The predicted octanol–water partition coefficient (Wildman–Crippen LogP) is 2.15. The average molecular weight is 227 g/mol. The number of hydrogen-bond acceptors (Lipinski definition) is 3. The molecule has 1 aromatic heterocycles. The van der Waals surface area contributed by atoms with Crippen LogP contribution in [0.1, 0.15) is 0 Å². The molecule has 1 heterocycles. The number of aromatic amines is 1. The smallest absolute Gasteiger partial charge is 0.215 e. The van der Waals surface area contributed by atoms with E-state index in [2.05, 4.69) is 15.4 Å². The predicted molar refractivity (Wildman–Crippen MR) is 56.8 cm³/mol. The Balaban J connectivity index is 2.40. The topological polar surface area (TPSA) is 66.7 Å². The lowest BCUT2D eigenvalue weighted by molar-refractivity contribution is 0.628. The molecule has 0 aliphatic rings. The number of nitrogen functional groups attached to an aromatic ring is 1. The largest absolute Gasteiger partial charge is 0.323 e. The minimum atomic E-state index is -0.447. The van der Waals surface area contributed by atoms with Gasteiger partial charge in [-0.2, -0.15) is 0 Å². The summed E-state index contributed by atoms with van der Waals surface area (Å²) in [5, 5.41) is 0.0735. The standard InChI is InChI=1S/C9H8ClFN4/c10-6-3-5(1-2-7(6)11)8-4-13-9(14-8)15-12/h1-4H,12H2,(H2,13,14,15). The monoisotopic (exact) mass is 226 g/mol. The molecule has 0 fully saturated rings. The van der Waals surface area contributed by atoms with Gasteiger partial charge in [-0.25, -0.2) is 15.2 Å². The molecule has 4 nitrogen and oxygen atoms in total. The van der Waals surface area contributed by atoms with Gasteiger partial charge in [0.25, 0.3) is 0 Å². The van der Waals surface area contributed by atoms with Crippen LogP contribution in [0.25, 0.3) is 11.3 Å². The van der Waals surface area contributed by atoms with Crippen LogP contribution >= 0.6 is 11.6 Å². The molecule has 15 heavy (non-hydrogen) atoms. The second-order valence-corrected chi connectivity index (χ2v) is 3.33. The summed E-state index contributed by atoms with van der Waals surface area (Å²) in [4.78, 5) is 6.83. The van der Waals surface area contributed by atoms with E-state index in [0.717, 1.165) is 5.56 Å². The molecule has 0 saturated carbocycles. The molecule has 2 aromatic rings. The number of nitrogens with one attached hydrogen (secondary N) is 2. The summed E-state index contributed by atoms with van der Waals surface area (Å²) in [6.07, 6.45) is 1.58. The zero-order valence-corrected chi connectivity index (χ0v) is 8.35. The first-order chi connectivity index (χ1) is 7.20. The van der Waals surface area contributed by atoms with Gasteiger partial charge in [0, 0.05) is 5.56 Å². The molecular weight excluding hydrogens is 219 g/mol. The van der Waals surface area contributed by atoms with Crippen molar-refractivity contribution < 1.29 is 4.39 Å². The summed E-state index contributed by atoms with van der Waals surface area (Å²) in [6.45, 7) is 0. The molecule has 0 aliphatic heterocycles. The lowest BCUT2D eigenvalue weighted by atomic mass is 10.2. The second-order valence-electron chi connectivity index (χ2n) is 2.92. The Kier molecular flexibility index (Phi) is 2.57. The highest BCUT2D eigenvalue weighted by Crippen LogP contribution is 2.23. The van der Waals surface area contributed by atoms with Gasteiger partial charge in [0.2, 0.25) is 5.95 Å². The number of rotatable bonds is 2. The van der Waals surface area contributed by atoms with Gasteiger partial charge in [-0.15, -0.1) is 0 Å². The van der Waals surface area contributed by atoms with Crippen LogP contribution in [0.15, 0.2) is 24.4 Å². The Labute approximate surface area is 90.2 Å². The SMILES string of the molecule is NNc1ncc(-c2ccc(F)c(Cl)c2)[nH]1. The van der Waals surface area contributed by atoms with Crippen molar-refractivity contribution in [3.05, 3.63) is 35.2 Å². The van der Waals surface area contributed by atoms with E-state index in [9.17, 15) is 4.39 Å². The summed E-state index contributed by atoms with van der Waals surface area (Å²) in [5.41, 5.74) is 3.83. The maximum absolute atomic E-state index is 12.9. The number of benzene rings is 1. The van der Waals surface area contributed by atoms with E-state index >= 15 is 0 Å². The van der Waals surface area contributed by atoms with Gasteiger partial charge in [-0.3, -0.25) is 5.43 Å². The van der Waals surface area contributed by atoms with Crippen molar-refractivity contribution in [1.29, 1.82) is 0 Å². The van der Waals surface area contributed by atoms with Crippen molar-refractivity contribution >= 4 is 17.5 Å². The molecule has 0 aliphatic carbocycles. The Bertz CT molecular complexity index is 483. The second kappa shape index (κ2) is 3.88. The average Bonchev–Trinajstić information content (AvgIpc) is 2.70. The Morgan fingerprint density at radius 3 is 2.87 bits per heavy atom. The third-order valence-corrected chi connectivity index (χ3v) is 2.23. The molecule has 0 spiro atoms. The van der Waals surface area contributed by atoms with Gasteiger partial charge in [-0.05, 0) is 18.2 Å². The van der Waals surface area contributed by atoms with Gasteiger partial charge in [0.05, 0.1) is 16.9 Å². The van der Waals surface area contributed by atoms with Crippen molar-refractivity contribution in [2.24, 2.45) is 5.84 Å². The third-order valence-electron chi connectivity index (χ3n) is 1.94. The molecule has 0 amide bonds. The van der Waals surface area contributed by atoms with Crippen LogP contribution in [0, 0.1) is 5.82 Å². The number of imidazole rings is 1. The fourth-order valence-electron chi connectivity index (χ4n) is 1.20. The van der Waals surface area contributed by atoms with E-state index in [1.807, 2.05) is 0 Å². The summed E-state index contributed by atoms with van der Waals surface area (Å²) in [6, 6.07) is 4.42. The van der Waals surface area contributed by atoms with E-state index in [4.69, 9.17) is 17.4 Å². The molecule has 78 valence electrons. The number of anilines is 1. The Morgan fingerprint density at radius 2 is 2.27 bits per heavy atom. The van der Waals surface area contributed by atoms with Crippen molar-refractivity contribution in [2.75, 3.05) is 5.43 Å². The number of aromatic nitrogens is 2. The van der Waals surface area contributed by atoms with E-state index in [-0.39, 0.29) is 5.02 Å². The van der Waals surface area contributed by atoms with Gasteiger partial charge < -0.3 is 4.98 Å². The molecule has 2 rings (SSSR count). The molecule has 0 radical (unpaired) electrons. The molecule has 6 heteroatoms. The number of hydrogen-bond donors (Lipinski definition) is 3. The van der Waals surface area contributed by atoms with Gasteiger partial charge in [0.15, 0.2) is 0 Å². The van der Waals surface area contributed by atoms with Gasteiger partial charge >= 0.3 is 0 Å². The lowest BCUT2D eigenvalue weighted by Gasteiger charge is -1.99. The van der Waals surface area contributed by atoms with Crippen LogP contribution < -0.4 is 11.3 Å². The third kappa shape index (κ3) is 1.93. The molecule has 0 unspecified atom stereocenters. The minimum absolute atomic E-state index is 0.0735. The number of halogens is 2. The van der Waals surface area contributed by atoms with Gasteiger partial charge in [-0.1, -0.05) is 11.6 Å². The molecule has 4 N–H and O–H groups in total. The number of H-pyrrole nitrogens is 1. The van der Waals surface area contributed by atoms with E-state index in [0.29, 0.717) is 11.6 Å². The first-order valence-corrected chi connectivity index (χ1v) is 4.55. The van der Waals surface area contributed by atoms with Crippen molar-refractivity contribution in [3.8, 4) is 11.3 Å². The minimum Gasteiger partial charge on any atom is -0.323 e. The van der Waals surface area contributed by atoms with Crippen molar-refractivity contribution in [3.63, 3.8) is 0 Å². The Hall–Kier alpha value is -1.59. The quantitative estimate of drug-likeness (QED) is 0.543. The first kappa shape index (κ1) is 9.95. The zero-order chi connectivity index (χ0) is 10.8. The van der Waals surface area contributed by atoms with Crippen LogP contribution in [0.2, 0.25) is 5.02 Å². The van der Waals surface area contributed by atoms with Gasteiger partial charge in [0.1, 0.15) is 5.82 Å². The highest BCUT2D eigenvalue weighted by atomic mass is 35.5. The summed E-state index contributed by atoms with van der Waals surface area (Å²) in [5.74, 6) is 5.15. The fourth-order valence-corrected chi connectivity index (χ4v) is 1.39. The molecule has 0 atom stereocenters. The number of hydrazine groups is 1. The highest BCUT2D eigenvalue weighted by molar-refractivity contribution is 6.31. The summed E-state index contributed by atoms with van der Waals surface area (Å²) in [7, 11) is 0. The van der Waals surface area contributed by atoms with Crippen LogP contribution in [0.4, 0.5) is 10.3 Å². The number of nitrogens with zero attached hydrogens (tertiary/aromatic N) is 1. The molecule has 1 aromatic carbocycles. The number of nitrogens with two attached hydrogens (primary N) is 1. The van der Waals surface area contributed by atoms with Crippen LogP contribution in [0.5, 0.6) is 0 Å². The molecule has 0 bridgehead atoms. The first-order valence-electron chi connectivity index (χ1n) is 4.18.